The fourth-order valence-electron chi connectivity index (χ4n) is 3.67. The first-order valence-corrected chi connectivity index (χ1v) is 11.5. The third-order valence-corrected chi connectivity index (χ3v) is 5.86. The Morgan fingerprint density at radius 3 is 2.05 bits per heavy atom. The van der Waals surface area contributed by atoms with Crippen LogP contribution < -0.4 is 10.6 Å². The summed E-state index contributed by atoms with van der Waals surface area (Å²) < 4.78 is 0. The van der Waals surface area contributed by atoms with Gasteiger partial charge in [0.15, 0.2) is 5.78 Å². The molecule has 184 valence electrons. The largest absolute Gasteiger partial charge is 0.321 e. The topological polar surface area (TPSA) is 118 Å². The lowest BCUT2D eigenvalue weighted by Crippen LogP contribution is -2.19. The van der Waals surface area contributed by atoms with Crippen LogP contribution in [-0.4, -0.2) is 22.5 Å². The van der Waals surface area contributed by atoms with E-state index < -0.39 is 16.7 Å². The zero-order chi connectivity index (χ0) is 26.5. The average molecular weight is 514 g/mol. The molecule has 0 radical (unpaired) electrons. The van der Waals surface area contributed by atoms with Gasteiger partial charge in [0.05, 0.1) is 32.4 Å². The molecule has 4 aromatic rings. The van der Waals surface area contributed by atoms with Crippen LogP contribution in [0.3, 0.4) is 0 Å². The molecular weight excluding hydrogens is 494 g/mol. The molecule has 0 aromatic heterocycles. The Hall–Kier alpha value is -4.82. The minimum atomic E-state index is -0.718. The lowest BCUT2D eigenvalue weighted by atomic mass is 9.99. The number of carbonyl (C=O) groups excluding carboxylic acids is 3. The van der Waals surface area contributed by atoms with Gasteiger partial charge in [0.25, 0.3) is 17.5 Å². The summed E-state index contributed by atoms with van der Waals surface area (Å²) in [5.41, 5.74) is 1.84. The van der Waals surface area contributed by atoms with E-state index >= 15 is 0 Å². The maximum atomic E-state index is 13.3. The van der Waals surface area contributed by atoms with Gasteiger partial charge >= 0.3 is 0 Å². The third kappa shape index (κ3) is 5.71. The van der Waals surface area contributed by atoms with Crippen LogP contribution in [0.2, 0.25) is 5.02 Å². The number of hydrogen-bond acceptors (Lipinski definition) is 5. The Morgan fingerprint density at radius 1 is 0.730 bits per heavy atom. The van der Waals surface area contributed by atoms with Crippen molar-refractivity contribution in [3.05, 3.63) is 134 Å². The zero-order valence-electron chi connectivity index (χ0n) is 19.5. The number of aryl methyl sites for hydroxylation is 1. The maximum absolute atomic E-state index is 13.3. The molecule has 4 rings (SSSR count). The number of nitro benzene ring substituents is 1. The van der Waals surface area contributed by atoms with E-state index in [1.165, 1.54) is 24.3 Å². The third-order valence-electron chi connectivity index (χ3n) is 5.53. The van der Waals surface area contributed by atoms with E-state index in [2.05, 4.69) is 10.6 Å². The number of rotatable bonds is 7. The summed E-state index contributed by atoms with van der Waals surface area (Å²) in [4.78, 5) is 49.8. The van der Waals surface area contributed by atoms with Crippen LogP contribution in [-0.2, 0) is 0 Å². The SMILES string of the molecule is Cc1ccc(NC(=O)c2ccccc2NC(=O)c2cc([N+](=O)[O-])ccc2Cl)c(C(=O)c2ccccc2)c1. The highest BCUT2D eigenvalue weighted by molar-refractivity contribution is 6.34. The molecule has 9 heteroatoms. The van der Waals surface area contributed by atoms with Crippen molar-refractivity contribution in [2.75, 3.05) is 10.6 Å². The number of halogens is 1. The Kier molecular flexibility index (Phi) is 7.41. The molecule has 2 amide bonds. The van der Waals surface area contributed by atoms with Crippen LogP contribution in [0.4, 0.5) is 17.1 Å². The van der Waals surface area contributed by atoms with Crippen molar-refractivity contribution < 1.29 is 19.3 Å². The van der Waals surface area contributed by atoms with Gasteiger partial charge in [-0.2, -0.15) is 0 Å². The highest BCUT2D eigenvalue weighted by Crippen LogP contribution is 2.26. The number of non-ortho nitro benzene ring substituents is 1. The van der Waals surface area contributed by atoms with E-state index in [0.717, 1.165) is 11.6 Å². The molecule has 37 heavy (non-hydrogen) atoms. The van der Waals surface area contributed by atoms with Gasteiger partial charge in [-0.25, -0.2) is 0 Å². The van der Waals surface area contributed by atoms with Gasteiger partial charge in [0, 0.05) is 23.3 Å². The molecule has 0 saturated heterocycles. The van der Waals surface area contributed by atoms with Crippen LogP contribution in [0.15, 0.2) is 91.0 Å². The zero-order valence-corrected chi connectivity index (χ0v) is 20.3. The minimum Gasteiger partial charge on any atom is -0.321 e. The van der Waals surface area contributed by atoms with Crippen molar-refractivity contribution in [3.63, 3.8) is 0 Å². The molecule has 0 fully saturated rings. The number of benzene rings is 4. The summed E-state index contributed by atoms with van der Waals surface area (Å²) in [6.07, 6.45) is 0. The van der Waals surface area contributed by atoms with Gasteiger partial charge in [-0.05, 0) is 37.3 Å². The summed E-state index contributed by atoms with van der Waals surface area (Å²) in [6.45, 7) is 1.84. The van der Waals surface area contributed by atoms with Crippen molar-refractivity contribution >= 4 is 46.3 Å². The van der Waals surface area contributed by atoms with Crippen LogP contribution in [0.25, 0.3) is 0 Å². The molecule has 2 N–H and O–H groups in total. The van der Waals surface area contributed by atoms with E-state index in [-0.39, 0.29) is 33.3 Å². The Balaban J connectivity index is 1.62. The number of nitrogens with one attached hydrogen (secondary N) is 2. The van der Waals surface area contributed by atoms with Gasteiger partial charge in [-0.3, -0.25) is 24.5 Å². The maximum Gasteiger partial charge on any atom is 0.270 e. The van der Waals surface area contributed by atoms with E-state index in [1.807, 2.05) is 13.0 Å². The number of ketones is 1. The monoisotopic (exact) mass is 513 g/mol. The lowest BCUT2D eigenvalue weighted by molar-refractivity contribution is -0.384. The molecule has 0 atom stereocenters. The Morgan fingerprint density at radius 2 is 1.35 bits per heavy atom. The molecule has 0 aliphatic rings. The van der Waals surface area contributed by atoms with Crippen molar-refractivity contribution in [2.45, 2.75) is 6.92 Å². The number of carbonyl (C=O) groups is 3. The predicted molar refractivity (Wildman–Crippen MR) is 142 cm³/mol. The van der Waals surface area contributed by atoms with E-state index in [9.17, 15) is 24.5 Å². The molecule has 0 spiro atoms. The first kappa shape index (κ1) is 25.3. The highest BCUT2D eigenvalue weighted by Gasteiger charge is 2.21. The highest BCUT2D eigenvalue weighted by atomic mass is 35.5. The van der Waals surface area contributed by atoms with E-state index in [0.29, 0.717) is 16.8 Å². The molecule has 8 nitrogen and oxygen atoms in total. The standard InChI is InChI=1S/C28H20ClN3O5/c1-17-11-14-25(22(15-17)26(33)18-7-3-2-4-8-18)31-27(34)20-9-5-6-10-24(20)30-28(35)21-16-19(32(36)37)12-13-23(21)29/h2-16H,1H3,(H,30,35)(H,31,34). The summed E-state index contributed by atoms with van der Waals surface area (Å²) in [5.74, 6) is -1.53. The summed E-state index contributed by atoms with van der Waals surface area (Å²) in [6, 6.07) is 23.6. The Bertz CT molecular complexity index is 1540. The number of amides is 2. The smallest absolute Gasteiger partial charge is 0.270 e. The molecule has 4 aromatic carbocycles. The normalized spacial score (nSPS) is 10.4. The second-order valence-corrected chi connectivity index (χ2v) is 8.53. The van der Waals surface area contributed by atoms with Gasteiger partial charge in [-0.1, -0.05) is 65.7 Å². The van der Waals surface area contributed by atoms with Crippen molar-refractivity contribution in [3.8, 4) is 0 Å². The summed E-state index contributed by atoms with van der Waals surface area (Å²) in [5, 5.41) is 16.5. The van der Waals surface area contributed by atoms with Crippen molar-refractivity contribution in [1.29, 1.82) is 0 Å². The van der Waals surface area contributed by atoms with Gasteiger partial charge in [-0.15, -0.1) is 0 Å². The minimum absolute atomic E-state index is 0.0220. The number of nitrogens with zero attached hydrogens (tertiary/aromatic N) is 1. The van der Waals surface area contributed by atoms with Crippen LogP contribution >= 0.6 is 11.6 Å². The van der Waals surface area contributed by atoms with E-state index in [1.54, 1.807) is 54.6 Å². The Labute approximate surface area is 217 Å². The number of hydrogen-bond donors (Lipinski definition) is 2. The molecular formula is C28H20ClN3O5. The van der Waals surface area contributed by atoms with Gasteiger partial charge in [0.1, 0.15) is 0 Å². The first-order valence-electron chi connectivity index (χ1n) is 11.1. The van der Waals surface area contributed by atoms with Gasteiger partial charge < -0.3 is 10.6 Å². The quantitative estimate of drug-likeness (QED) is 0.171. The summed E-state index contributed by atoms with van der Waals surface area (Å²) >= 11 is 6.09. The molecule has 0 aliphatic carbocycles. The molecule has 0 unspecified atom stereocenters. The number of nitro groups is 1. The van der Waals surface area contributed by atoms with Crippen LogP contribution in [0, 0.1) is 17.0 Å². The first-order chi connectivity index (χ1) is 17.7. The molecule has 0 heterocycles. The molecule has 0 saturated carbocycles. The fourth-order valence-corrected chi connectivity index (χ4v) is 3.87. The van der Waals surface area contributed by atoms with Crippen LogP contribution in [0.1, 0.15) is 42.2 Å². The lowest BCUT2D eigenvalue weighted by Gasteiger charge is -2.14. The number of anilines is 2. The number of para-hydroxylation sites is 1. The fraction of sp³-hybridized carbons (Fsp3) is 0.0357. The van der Waals surface area contributed by atoms with Crippen LogP contribution in [0.5, 0.6) is 0 Å². The summed E-state index contributed by atoms with van der Waals surface area (Å²) in [7, 11) is 0. The van der Waals surface area contributed by atoms with Gasteiger partial charge in [0.2, 0.25) is 0 Å². The van der Waals surface area contributed by atoms with E-state index in [4.69, 9.17) is 11.6 Å². The second kappa shape index (κ2) is 10.8. The van der Waals surface area contributed by atoms with Crippen molar-refractivity contribution in [2.24, 2.45) is 0 Å². The average Bonchev–Trinajstić information content (AvgIpc) is 2.90. The molecule has 0 bridgehead atoms. The molecule has 0 aliphatic heterocycles. The van der Waals surface area contributed by atoms with Crippen molar-refractivity contribution in [1.82, 2.24) is 0 Å². The predicted octanol–water partition coefficient (Wildman–Crippen LogP) is 6.29. The second-order valence-electron chi connectivity index (χ2n) is 8.12.